The van der Waals surface area contributed by atoms with Gasteiger partial charge in [0.25, 0.3) is 0 Å². The number of pyridine rings is 1. The summed E-state index contributed by atoms with van der Waals surface area (Å²) in [6.45, 7) is 4.36. The standard InChI is InChI=1S/C16H24N2O/c1-2-16(19)15-8-7-14(9-17-15)18(10-12-3-4-12)11-13-5-6-13/h7-9,12-13,16,19H,2-6,10-11H2,1H3/t16-/m0/s1. The second kappa shape index (κ2) is 5.49. The number of aliphatic hydroxyl groups is 1. The molecule has 1 aromatic heterocycles. The molecule has 3 rings (SSSR count). The van der Waals surface area contributed by atoms with Gasteiger partial charge in [0.1, 0.15) is 0 Å². The van der Waals surface area contributed by atoms with E-state index >= 15 is 0 Å². The van der Waals surface area contributed by atoms with Gasteiger partial charge in [-0.3, -0.25) is 4.98 Å². The molecule has 0 aliphatic heterocycles. The predicted molar refractivity (Wildman–Crippen MR) is 77.1 cm³/mol. The fourth-order valence-corrected chi connectivity index (χ4v) is 2.50. The number of hydrogen-bond donors (Lipinski definition) is 1. The molecule has 2 aliphatic carbocycles. The van der Waals surface area contributed by atoms with Crippen LogP contribution in [0.5, 0.6) is 0 Å². The van der Waals surface area contributed by atoms with E-state index in [0.29, 0.717) is 0 Å². The monoisotopic (exact) mass is 260 g/mol. The van der Waals surface area contributed by atoms with Crippen molar-refractivity contribution in [1.82, 2.24) is 4.98 Å². The Kier molecular flexibility index (Phi) is 3.74. The van der Waals surface area contributed by atoms with Gasteiger partial charge in [0.05, 0.1) is 23.7 Å². The molecule has 3 heteroatoms. The molecule has 2 saturated carbocycles. The van der Waals surface area contributed by atoms with E-state index in [1.165, 1.54) is 44.5 Å². The average Bonchev–Trinajstić information content (AvgIpc) is 3.32. The zero-order chi connectivity index (χ0) is 13.2. The Balaban J connectivity index is 1.68. The highest BCUT2D eigenvalue weighted by atomic mass is 16.3. The third-order valence-corrected chi connectivity index (χ3v) is 4.22. The lowest BCUT2D eigenvalue weighted by Gasteiger charge is -2.25. The largest absolute Gasteiger partial charge is 0.387 e. The van der Waals surface area contributed by atoms with Gasteiger partial charge >= 0.3 is 0 Å². The van der Waals surface area contributed by atoms with Crippen molar-refractivity contribution >= 4 is 5.69 Å². The van der Waals surface area contributed by atoms with E-state index in [1.807, 2.05) is 19.2 Å². The van der Waals surface area contributed by atoms with Crippen molar-refractivity contribution < 1.29 is 5.11 Å². The number of anilines is 1. The van der Waals surface area contributed by atoms with Crippen molar-refractivity contribution in [2.45, 2.75) is 45.1 Å². The Labute approximate surface area is 115 Å². The number of hydrogen-bond acceptors (Lipinski definition) is 3. The van der Waals surface area contributed by atoms with Crippen LogP contribution < -0.4 is 4.90 Å². The molecule has 2 fully saturated rings. The first-order valence-electron chi connectivity index (χ1n) is 7.65. The van der Waals surface area contributed by atoms with Crippen molar-refractivity contribution in [1.29, 1.82) is 0 Å². The number of nitrogens with zero attached hydrogens (tertiary/aromatic N) is 2. The number of aliphatic hydroxyl groups excluding tert-OH is 1. The van der Waals surface area contributed by atoms with Gasteiger partial charge in [-0.05, 0) is 56.1 Å². The van der Waals surface area contributed by atoms with Gasteiger partial charge in [0.15, 0.2) is 0 Å². The maximum Gasteiger partial charge on any atom is 0.0957 e. The second-order valence-corrected chi connectivity index (χ2v) is 6.16. The Hall–Kier alpha value is -1.09. The smallest absolute Gasteiger partial charge is 0.0957 e. The summed E-state index contributed by atoms with van der Waals surface area (Å²) in [7, 11) is 0. The highest BCUT2D eigenvalue weighted by molar-refractivity contribution is 5.45. The molecular formula is C16H24N2O. The maximum atomic E-state index is 9.79. The molecule has 1 atom stereocenters. The van der Waals surface area contributed by atoms with Gasteiger partial charge < -0.3 is 10.0 Å². The highest BCUT2D eigenvalue weighted by Gasteiger charge is 2.29. The summed E-state index contributed by atoms with van der Waals surface area (Å²) in [5.74, 6) is 1.80. The highest BCUT2D eigenvalue weighted by Crippen LogP contribution is 2.35. The van der Waals surface area contributed by atoms with Crippen LogP contribution in [0.3, 0.4) is 0 Å². The Bertz CT molecular complexity index is 395. The zero-order valence-corrected chi connectivity index (χ0v) is 11.8. The topological polar surface area (TPSA) is 36.4 Å². The summed E-state index contributed by atoms with van der Waals surface area (Å²) in [6, 6.07) is 4.11. The van der Waals surface area contributed by atoms with E-state index in [1.54, 1.807) is 0 Å². The minimum absolute atomic E-state index is 0.422. The quantitative estimate of drug-likeness (QED) is 0.818. The first kappa shape index (κ1) is 12.9. The summed E-state index contributed by atoms with van der Waals surface area (Å²) in [6.07, 6.45) is 7.80. The summed E-state index contributed by atoms with van der Waals surface area (Å²) in [4.78, 5) is 6.94. The van der Waals surface area contributed by atoms with Crippen LogP contribution in [0.2, 0.25) is 0 Å². The Morgan fingerprint density at radius 3 is 2.26 bits per heavy atom. The summed E-state index contributed by atoms with van der Waals surface area (Å²) >= 11 is 0. The fraction of sp³-hybridized carbons (Fsp3) is 0.688. The first-order valence-corrected chi connectivity index (χ1v) is 7.65. The Morgan fingerprint density at radius 1 is 1.21 bits per heavy atom. The molecule has 1 N–H and O–H groups in total. The molecule has 0 bridgehead atoms. The molecule has 0 unspecified atom stereocenters. The predicted octanol–water partition coefficient (Wildman–Crippen LogP) is 3.15. The van der Waals surface area contributed by atoms with Crippen LogP contribution in [0.15, 0.2) is 18.3 Å². The summed E-state index contributed by atoms with van der Waals surface area (Å²) < 4.78 is 0. The van der Waals surface area contributed by atoms with Crippen LogP contribution in [0.4, 0.5) is 5.69 Å². The van der Waals surface area contributed by atoms with Gasteiger partial charge in [-0.2, -0.15) is 0 Å². The maximum absolute atomic E-state index is 9.79. The van der Waals surface area contributed by atoms with E-state index < -0.39 is 6.10 Å². The number of rotatable bonds is 7. The zero-order valence-electron chi connectivity index (χ0n) is 11.8. The molecule has 3 nitrogen and oxygen atoms in total. The normalized spacial score (nSPS) is 20.3. The molecule has 2 aliphatic rings. The molecule has 19 heavy (non-hydrogen) atoms. The van der Waals surface area contributed by atoms with Gasteiger partial charge in [-0.25, -0.2) is 0 Å². The van der Waals surface area contributed by atoms with Gasteiger partial charge in [-0.1, -0.05) is 6.92 Å². The van der Waals surface area contributed by atoms with Crippen LogP contribution in [0, 0.1) is 11.8 Å². The lowest BCUT2D eigenvalue weighted by atomic mass is 10.2. The summed E-state index contributed by atoms with van der Waals surface area (Å²) in [5, 5.41) is 9.79. The minimum Gasteiger partial charge on any atom is -0.387 e. The molecule has 0 amide bonds. The van der Waals surface area contributed by atoms with Gasteiger partial charge in [0.2, 0.25) is 0 Å². The molecule has 0 aromatic carbocycles. The van der Waals surface area contributed by atoms with E-state index in [0.717, 1.165) is 24.0 Å². The molecule has 104 valence electrons. The van der Waals surface area contributed by atoms with Gasteiger partial charge in [0, 0.05) is 13.1 Å². The van der Waals surface area contributed by atoms with Crippen LogP contribution in [0.25, 0.3) is 0 Å². The molecule has 1 aromatic rings. The SMILES string of the molecule is CC[C@H](O)c1ccc(N(CC2CC2)CC2CC2)cn1. The van der Waals surface area contributed by atoms with Crippen LogP contribution >= 0.6 is 0 Å². The fourth-order valence-electron chi connectivity index (χ4n) is 2.50. The van der Waals surface area contributed by atoms with E-state index in [9.17, 15) is 5.11 Å². The summed E-state index contributed by atoms with van der Waals surface area (Å²) in [5.41, 5.74) is 2.02. The number of aromatic nitrogens is 1. The van der Waals surface area contributed by atoms with Crippen LogP contribution in [0.1, 0.15) is 50.8 Å². The van der Waals surface area contributed by atoms with E-state index in [-0.39, 0.29) is 0 Å². The molecule has 0 radical (unpaired) electrons. The van der Waals surface area contributed by atoms with Crippen LogP contribution in [-0.2, 0) is 0 Å². The molecule has 1 heterocycles. The Morgan fingerprint density at radius 2 is 1.84 bits per heavy atom. The van der Waals surface area contributed by atoms with E-state index in [4.69, 9.17) is 0 Å². The van der Waals surface area contributed by atoms with Crippen molar-refractivity contribution in [3.8, 4) is 0 Å². The molecule has 0 saturated heterocycles. The molecular weight excluding hydrogens is 236 g/mol. The second-order valence-electron chi connectivity index (χ2n) is 6.16. The minimum atomic E-state index is -0.422. The van der Waals surface area contributed by atoms with Crippen molar-refractivity contribution in [3.05, 3.63) is 24.0 Å². The molecule has 0 spiro atoms. The van der Waals surface area contributed by atoms with Gasteiger partial charge in [-0.15, -0.1) is 0 Å². The lowest BCUT2D eigenvalue weighted by molar-refractivity contribution is 0.169. The van der Waals surface area contributed by atoms with Crippen LogP contribution in [-0.4, -0.2) is 23.2 Å². The lowest BCUT2D eigenvalue weighted by Crippen LogP contribution is -2.28. The van der Waals surface area contributed by atoms with Crippen molar-refractivity contribution in [3.63, 3.8) is 0 Å². The third kappa shape index (κ3) is 3.47. The van der Waals surface area contributed by atoms with Crippen molar-refractivity contribution in [2.75, 3.05) is 18.0 Å². The van der Waals surface area contributed by atoms with Crippen molar-refractivity contribution in [2.24, 2.45) is 11.8 Å². The first-order chi connectivity index (χ1) is 9.26. The third-order valence-electron chi connectivity index (χ3n) is 4.22. The average molecular weight is 260 g/mol. The van der Waals surface area contributed by atoms with E-state index in [2.05, 4.69) is 16.0 Å².